The van der Waals surface area contributed by atoms with Gasteiger partial charge < -0.3 is 4.90 Å². The van der Waals surface area contributed by atoms with Crippen LogP contribution in [-0.4, -0.2) is 34.3 Å². The molecule has 6 nitrogen and oxygen atoms in total. The van der Waals surface area contributed by atoms with Gasteiger partial charge in [0.15, 0.2) is 4.34 Å². The largest absolute Gasteiger partial charge is 0.312 e. The van der Waals surface area contributed by atoms with Crippen LogP contribution in [0.2, 0.25) is 0 Å². The van der Waals surface area contributed by atoms with Crippen LogP contribution in [0.1, 0.15) is 37.0 Å². The summed E-state index contributed by atoms with van der Waals surface area (Å²) in [5, 5.41) is 11.4. The molecule has 2 heterocycles. The fourth-order valence-corrected chi connectivity index (χ4v) is 4.19. The van der Waals surface area contributed by atoms with Crippen LogP contribution in [-0.2, 0) is 4.79 Å². The van der Waals surface area contributed by atoms with E-state index in [0.29, 0.717) is 29.6 Å². The van der Waals surface area contributed by atoms with Gasteiger partial charge in [0.25, 0.3) is 5.91 Å². The van der Waals surface area contributed by atoms with Crippen molar-refractivity contribution in [1.29, 1.82) is 0 Å². The van der Waals surface area contributed by atoms with E-state index in [1.165, 1.54) is 11.3 Å². The smallest absolute Gasteiger partial charge is 0.257 e. The summed E-state index contributed by atoms with van der Waals surface area (Å²) in [7, 11) is 0. The topological polar surface area (TPSA) is 75.2 Å². The maximum absolute atomic E-state index is 12.5. The number of anilines is 2. The molecule has 8 heteroatoms. The van der Waals surface area contributed by atoms with Gasteiger partial charge in [-0.05, 0) is 30.5 Å². The zero-order valence-electron chi connectivity index (χ0n) is 14.2. The normalized spacial score (nSPS) is 14.4. The first-order valence-corrected chi connectivity index (χ1v) is 10.0. The Morgan fingerprint density at radius 1 is 1.40 bits per heavy atom. The summed E-state index contributed by atoms with van der Waals surface area (Å²) in [6.07, 6.45) is 1.43. The zero-order chi connectivity index (χ0) is 17.8. The third-order valence-electron chi connectivity index (χ3n) is 3.66. The lowest BCUT2D eigenvalue weighted by molar-refractivity contribution is -0.117. The molecule has 1 saturated heterocycles. The Bertz CT molecular complexity index is 776. The number of nitrogens with zero attached hydrogens (tertiary/aromatic N) is 3. The van der Waals surface area contributed by atoms with Crippen LogP contribution < -0.4 is 10.2 Å². The van der Waals surface area contributed by atoms with Gasteiger partial charge in [0.05, 0.1) is 0 Å². The standard InChI is InChI=1S/C17H20N4O2S2/c1-11(2)10-24-17-20-19-16(25-17)18-15(23)12-5-3-6-13(9-12)21-8-4-7-14(21)22/h3,5-6,9,11H,4,7-8,10H2,1-2H3,(H,18,19,23). The van der Waals surface area contributed by atoms with E-state index in [0.717, 1.165) is 22.2 Å². The first kappa shape index (κ1) is 17.9. The van der Waals surface area contributed by atoms with Crippen LogP contribution in [0.5, 0.6) is 0 Å². The summed E-state index contributed by atoms with van der Waals surface area (Å²) in [5.41, 5.74) is 1.27. The molecule has 0 bridgehead atoms. The summed E-state index contributed by atoms with van der Waals surface area (Å²) in [6, 6.07) is 7.12. The molecule has 1 aliphatic rings. The average Bonchev–Trinajstić information content (AvgIpc) is 3.22. The Morgan fingerprint density at radius 2 is 2.24 bits per heavy atom. The van der Waals surface area contributed by atoms with Crippen molar-refractivity contribution < 1.29 is 9.59 Å². The van der Waals surface area contributed by atoms with E-state index in [-0.39, 0.29) is 11.8 Å². The van der Waals surface area contributed by atoms with Crippen molar-refractivity contribution in [2.75, 3.05) is 22.5 Å². The van der Waals surface area contributed by atoms with Gasteiger partial charge in [-0.15, -0.1) is 10.2 Å². The van der Waals surface area contributed by atoms with Gasteiger partial charge >= 0.3 is 0 Å². The maximum atomic E-state index is 12.5. The molecule has 3 rings (SSSR count). The number of aromatic nitrogens is 2. The lowest BCUT2D eigenvalue weighted by atomic mass is 10.2. The highest BCUT2D eigenvalue weighted by Crippen LogP contribution is 2.27. The van der Waals surface area contributed by atoms with E-state index in [1.54, 1.807) is 34.9 Å². The van der Waals surface area contributed by atoms with Gasteiger partial charge in [0, 0.05) is 30.0 Å². The Labute approximate surface area is 155 Å². The molecular weight excluding hydrogens is 356 g/mol. The summed E-state index contributed by atoms with van der Waals surface area (Å²) in [5.74, 6) is 1.40. The number of thioether (sulfide) groups is 1. The molecule has 0 atom stereocenters. The summed E-state index contributed by atoms with van der Waals surface area (Å²) < 4.78 is 0.848. The average molecular weight is 377 g/mol. The molecule has 0 saturated carbocycles. The molecule has 1 aliphatic heterocycles. The molecule has 0 spiro atoms. The Balaban J connectivity index is 1.66. The van der Waals surface area contributed by atoms with E-state index in [4.69, 9.17) is 0 Å². The van der Waals surface area contributed by atoms with Gasteiger partial charge in [-0.3, -0.25) is 14.9 Å². The van der Waals surface area contributed by atoms with Crippen LogP contribution in [0.3, 0.4) is 0 Å². The second kappa shape index (κ2) is 7.97. The zero-order valence-corrected chi connectivity index (χ0v) is 15.8. The first-order valence-electron chi connectivity index (χ1n) is 8.21. The van der Waals surface area contributed by atoms with Crippen molar-refractivity contribution in [3.63, 3.8) is 0 Å². The predicted molar refractivity (Wildman–Crippen MR) is 101 cm³/mol. The molecule has 1 aromatic heterocycles. The Hall–Kier alpha value is -1.93. The van der Waals surface area contributed by atoms with Crippen molar-refractivity contribution in [2.45, 2.75) is 31.0 Å². The number of hydrogen-bond donors (Lipinski definition) is 1. The molecule has 25 heavy (non-hydrogen) atoms. The van der Waals surface area contributed by atoms with Crippen LogP contribution in [0.25, 0.3) is 0 Å². The van der Waals surface area contributed by atoms with E-state index in [9.17, 15) is 9.59 Å². The number of benzene rings is 1. The minimum atomic E-state index is -0.245. The fourth-order valence-electron chi connectivity index (χ4n) is 2.46. The minimum absolute atomic E-state index is 0.105. The summed E-state index contributed by atoms with van der Waals surface area (Å²) in [6.45, 7) is 5.00. The summed E-state index contributed by atoms with van der Waals surface area (Å²) >= 11 is 3.01. The highest BCUT2D eigenvalue weighted by molar-refractivity contribution is 8.01. The van der Waals surface area contributed by atoms with Gasteiger partial charge in [-0.2, -0.15) is 0 Å². The van der Waals surface area contributed by atoms with Crippen LogP contribution in [0.4, 0.5) is 10.8 Å². The minimum Gasteiger partial charge on any atom is -0.312 e. The fraction of sp³-hybridized carbons (Fsp3) is 0.412. The maximum Gasteiger partial charge on any atom is 0.257 e. The van der Waals surface area contributed by atoms with Crippen molar-refractivity contribution in [2.24, 2.45) is 5.92 Å². The van der Waals surface area contributed by atoms with Crippen LogP contribution in [0.15, 0.2) is 28.6 Å². The highest BCUT2D eigenvalue weighted by atomic mass is 32.2. The van der Waals surface area contributed by atoms with Gasteiger partial charge in [0.1, 0.15) is 0 Å². The summed E-state index contributed by atoms with van der Waals surface area (Å²) in [4.78, 5) is 26.0. The molecule has 0 radical (unpaired) electrons. The Kier molecular flexibility index (Phi) is 5.70. The lowest BCUT2D eigenvalue weighted by Gasteiger charge is -2.16. The van der Waals surface area contributed by atoms with Crippen molar-refractivity contribution in [1.82, 2.24) is 10.2 Å². The van der Waals surface area contributed by atoms with Crippen molar-refractivity contribution in [3.8, 4) is 0 Å². The Morgan fingerprint density at radius 3 is 2.96 bits per heavy atom. The quantitative estimate of drug-likeness (QED) is 0.615. The SMILES string of the molecule is CC(C)CSc1nnc(NC(=O)c2cccc(N3CCCC3=O)c2)s1. The van der Waals surface area contributed by atoms with E-state index >= 15 is 0 Å². The van der Waals surface area contributed by atoms with Crippen LogP contribution in [0, 0.1) is 5.92 Å². The molecule has 0 unspecified atom stereocenters. The number of hydrogen-bond acceptors (Lipinski definition) is 6. The molecule has 2 aromatic rings. The van der Waals surface area contributed by atoms with Crippen LogP contribution >= 0.6 is 23.1 Å². The van der Waals surface area contributed by atoms with Gasteiger partial charge in [-0.25, -0.2) is 0 Å². The predicted octanol–water partition coefficient (Wildman–Crippen LogP) is 3.67. The molecule has 1 aromatic carbocycles. The monoisotopic (exact) mass is 376 g/mol. The molecular formula is C17H20N4O2S2. The first-order chi connectivity index (χ1) is 12.0. The number of amides is 2. The number of nitrogens with one attached hydrogen (secondary N) is 1. The van der Waals surface area contributed by atoms with E-state index in [2.05, 4.69) is 29.4 Å². The molecule has 2 amide bonds. The van der Waals surface area contributed by atoms with Gasteiger partial charge in [0.2, 0.25) is 11.0 Å². The highest BCUT2D eigenvalue weighted by Gasteiger charge is 2.22. The van der Waals surface area contributed by atoms with Crippen molar-refractivity contribution in [3.05, 3.63) is 29.8 Å². The molecule has 0 aliphatic carbocycles. The molecule has 1 fully saturated rings. The van der Waals surface area contributed by atoms with Gasteiger partial charge in [-0.1, -0.05) is 43.0 Å². The third-order valence-corrected chi connectivity index (χ3v) is 6.06. The number of carbonyl (C=O) groups is 2. The van der Waals surface area contributed by atoms with E-state index < -0.39 is 0 Å². The number of rotatable bonds is 6. The van der Waals surface area contributed by atoms with E-state index in [1.807, 2.05) is 6.07 Å². The molecule has 1 N–H and O–H groups in total. The number of carbonyl (C=O) groups excluding carboxylic acids is 2. The molecule has 132 valence electrons. The third kappa shape index (κ3) is 4.58. The van der Waals surface area contributed by atoms with Crippen molar-refractivity contribution >= 4 is 45.7 Å². The lowest BCUT2D eigenvalue weighted by Crippen LogP contribution is -2.24. The second-order valence-electron chi connectivity index (χ2n) is 6.23. The second-order valence-corrected chi connectivity index (χ2v) is 8.48.